The van der Waals surface area contributed by atoms with Gasteiger partial charge in [-0.3, -0.25) is 0 Å². The van der Waals surface area contributed by atoms with Crippen LogP contribution in [0.2, 0.25) is 0 Å². The molecule has 3 heteroatoms. The molecule has 1 saturated heterocycles. The van der Waals surface area contributed by atoms with Gasteiger partial charge in [-0.2, -0.15) is 0 Å². The highest BCUT2D eigenvalue weighted by molar-refractivity contribution is 5.28. The predicted octanol–water partition coefficient (Wildman–Crippen LogP) is 4.01. The minimum Gasteiger partial charge on any atom is -0.465 e. The van der Waals surface area contributed by atoms with Crippen molar-refractivity contribution >= 4 is 0 Å². The highest BCUT2D eigenvalue weighted by Crippen LogP contribution is 2.24. The second kappa shape index (κ2) is 6.01. The molecule has 0 amide bonds. The molecule has 0 bridgehead atoms. The lowest BCUT2D eigenvalue weighted by Gasteiger charge is -2.23. The van der Waals surface area contributed by atoms with Crippen molar-refractivity contribution in [3.05, 3.63) is 29.8 Å². The minimum absolute atomic E-state index is 0.137. The fraction of sp³-hybridized carbons (Fsp3) is 0.571. The predicted molar refractivity (Wildman–Crippen MR) is 64.8 cm³/mol. The van der Waals surface area contributed by atoms with Crippen LogP contribution >= 0.6 is 0 Å². The van der Waals surface area contributed by atoms with Crippen LogP contribution in [0.5, 0.6) is 5.75 Å². The minimum atomic E-state index is -0.880. The monoisotopic (exact) mass is 238 g/mol. The molecule has 17 heavy (non-hydrogen) atoms. The first-order chi connectivity index (χ1) is 8.29. The number of hydrogen-bond acceptors (Lipinski definition) is 2. The van der Waals surface area contributed by atoms with Crippen LogP contribution in [0.15, 0.2) is 24.3 Å². The number of rotatable bonds is 4. The van der Waals surface area contributed by atoms with E-state index in [-0.39, 0.29) is 6.29 Å². The largest absolute Gasteiger partial charge is 0.465 e. The van der Waals surface area contributed by atoms with Gasteiger partial charge in [0.2, 0.25) is 0 Å². The summed E-state index contributed by atoms with van der Waals surface area (Å²) in [6.45, 7) is 2.61. The Balaban J connectivity index is 1.93. The summed E-state index contributed by atoms with van der Waals surface area (Å²) in [6.07, 6.45) is 2.68. The molecule has 1 aromatic rings. The number of halogens is 1. The smallest absolute Gasteiger partial charge is 0.199 e. The third kappa shape index (κ3) is 3.43. The van der Waals surface area contributed by atoms with E-state index in [1.54, 1.807) is 12.1 Å². The summed E-state index contributed by atoms with van der Waals surface area (Å²) < 4.78 is 24.6. The van der Waals surface area contributed by atoms with E-state index in [1.807, 2.05) is 19.1 Å². The number of hydrogen-bond donors (Lipinski definition) is 0. The Hall–Kier alpha value is -1.09. The van der Waals surface area contributed by atoms with Crippen LogP contribution in [-0.4, -0.2) is 12.9 Å². The van der Waals surface area contributed by atoms with Gasteiger partial charge < -0.3 is 9.47 Å². The highest BCUT2D eigenvalue weighted by Gasteiger charge is 2.15. The van der Waals surface area contributed by atoms with Crippen LogP contribution in [0, 0.1) is 0 Å². The fourth-order valence-corrected chi connectivity index (χ4v) is 1.95. The molecule has 1 aromatic carbocycles. The molecule has 0 radical (unpaired) electrons. The third-order valence-electron chi connectivity index (χ3n) is 3.01. The number of benzene rings is 1. The molecule has 1 fully saturated rings. The van der Waals surface area contributed by atoms with E-state index in [9.17, 15) is 4.39 Å². The van der Waals surface area contributed by atoms with Crippen molar-refractivity contribution < 1.29 is 13.9 Å². The van der Waals surface area contributed by atoms with E-state index in [2.05, 4.69) is 0 Å². The Kier molecular flexibility index (Phi) is 4.37. The molecule has 1 heterocycles. The molecular formula is C14H19FO2. The SMILES string of the molecule is CCC(F)c1ccc(OC2CCCCO2)cc1. The van der Waals surface area contributed by atoms with Crippen LogP contribution in [-0.2, 0) is 4.74 Å². The molecule has 2 unspecified atom stereocenters. The van der Waals surface area contributed by atoms with Crippen LogP contribution in [0.25, 0.3) is 0 Å². The standard InChI is InChI=1S/C14H19FO2/c1-2-13(15)11-6-8-12(9-7-11)17-14-5-3-4-10-16-14/h6-9,13-14H,2-5,10H2,1H3. The van der Waals surface area contributed by atoms with Gasteiger partial charge in [-0.25, -0.2) is 4.39 Å². The van der Waals surface area contributed by atoms with Gasteiger partial charge in [-0.05, 0) is 37.0 Å². The molecule has 94 valence electrons. The zero-order valence-corrected chi connectivity index (χ0v) is 10.2. The van der Waals surface area contributed by atoms with E-state index >= 15 is 0 Å². The second-order valence-electron chi connectivity index (χ2n) is 4.36. The highest BCUT2D eigenvalue weighted by atomic mass is 19.1. The van der Waals surface area contributed by atoms with Gasteiger partial charge in [0.25, 0.3) is 0 Å². The second-order valence-corrected chi connectivity index (χ2v) is 4.36. The molecule has 0 aliphatic carbocycles. The van der Waals surface area contributed by atoms with Crippen molar-refractivity contribution in [1.29, 1.82) is 0 Å². The van der Waals surface area contributed by atoms with Gasteiger partial charge in [0.15, 0.2) is 6.29 Å². The quantitative estimate of drug-likeness (QED) is 0.789. The fourth-order valence-electron chi connectivity index (χ4n) is 1.95. The van der Waals surface area contributed by atoms with E-state index in [0.717, 1.165) is 31.6 Å². The lowest BCUT2D eigenvalue weighted by molar-refractivity contribution is -0.105. The van der Waals surface area contributed by atoms with E-state index in [0.29, 0.717) is 12.0 Å². The lowest BCUT2D eigenvalue weighted by Crippen LogP contribution is -2.24. The van der Waals surface area contributed by atoms with Crippen molar-refractivity contribution in [2.75, 3.05) is 6.61 Å². The topological polar surface area (TPSA) is 18.5 Å². The average Bonchev–Trinajstić information content (AvgIpc) is 2.40. The van der Waals surface area contributed by atoms with Crippen LogP contribution < -0.4 is 4.74 Å². The van der Waals surface area contributed by atoms with Gasteiger partial charge in [0.05, 0.1) is 6.61 Å². The van der Waals surface area contributed by atoms with Gasteiger partial charge >= 0.3 is 0 Å². The zero-order valence-electron chi connectivity index (χ0n) is 10.2. The van der Waals surface area contributed by atoms with E-state index in [4.69, 9.17) is 9.47 Å². The summed E-state index contributed by atoms with van der Waals surface area (Å²) >= 11 is 0. The first-order valence-corrected chi connectivity index (χ1v) is 6.32. The maximum Gasteiger partial charge on any atom is 0.199 e. The van der Waals surface area contributed by atoms with Crippen molar-refractivity contribution in [3.8, 4) is 5.75 Å². The zero-order chi connectivity index (χ0) is 12.1. The van der Waals surface area contributed by atoms with Gasteiger partial charge in [-0.15, -0.1) is 0 Å². The van der Waals surface area contributed by atoms with E-state index < -0.39 is 6.17 Å². The molecule has 2 nitrogen and oxygen atoms in total. The first kappa shape index (κ1) is 12.4. The molecule has 1 aliphatic heterocycles. The average molecular weight is 238 g/mol. The number of ether oxygens (including phenoxy) is 2. The van der Waals surface area contributed by atoms with Crippen molar-refractivity contribution in [1.82, 2.24) is 0 Å². The van der Waals surface area contributed by atoms with Gasteiger partial charge in [0, 0.05) is 6.42 Å². The third-order valence-corrected chi connectivity index (χ3v) is 3.01. The Labute approximate surface area is 102 Å². The molecular weight excluding hydrogens is 219 g/mol. The Morgan fingerprint density at radius 2 is 2.12 bits per heavy atom. The number of alkyl halides is 1. The van der Waals surface area contributed by atoms with Crippen LogP contribution in [0.3, 0.4) is 0 Å². The molecule has 0 saturated carbocycles. The molecule has 2 atom stereocenters. The van der Waals surface area contributed by atoms with Gasteiger partial charge in [-0.1, -0.05) is 19.1 Å². The van der Waals surface area contributed by atoms with Crippen LogP contribution in [0.4, 0.5) is 4.39 Å². The van der Waals surface area contributed by atoms with Crippen molar-refractivity contribution in [3.63, 3.8) is 0 Å². The van der Waals surface area contributed by atoms with Gasteiger partial charge in [0.1, 0.15) is 11.9 Å². The normalized spacial score (nSPS) is 22.1. The maximum atomic E-state index is 13.4. The Morgan fingerprint density at radius 1 is 1.35 bits per heavy atom. The van der Waals surface area contributed by atoms with Crippen molar-refractivity contribution in [2.45, 2.75) is 45.1 Å². The van der Waals surface area contributed by atoms with Crippen molar-refractivity contribution in [2.24, 2.45) is 0 Å². The molecule has 0 aromatic heterocycles. The molecule has 0 spiro atoms. The Morgan fingerprint density at radius 3 is 2.71 bits per heavy atom. The summed E-state index contributed by atoms with van der Waals surface area (Å²) in [4.78, 5) is 0. The molecule has 1 aliphatic rings. The molecule has 0 N–H and O–H groups in total. The summed E-state index contributed by atoms with van der Waals surface area (Å²) in [5.74, 6) is 0.754. The summed E-state index contributed by atoms with van der Waals surface area (Å²) in [5, 5.41) is 0. The lowest BCUT2D eigenvalue weighted by atomic mass is 10.1. The summed E-state index contributed by atoms with van der Waals surface area (Å²) in [5.41, 5.74) is 0.712. The van der Waals surface area contributed by atoms with Crippen LogP contribution in [0.1, 0.15) is 44.3 Å². The van der Waals surface area contributed by atoms with E-state index in [1.165, 1.54) is 0 Å². The first-order valence-electron chi connectivity index (χ1n) is 6.32. The maximum absolute atomic E-state index is 13.4. The Bertz CT molecular complexity index is 331. The molecule has 2 rings (SSSR count). The summed E-state index contributed by atoms with van der Waals surface area (Å²) in [6, 6.07) is 7.20. The summed E-state index contributed by atoms with van der Waals surface area (Å²) in [7, 11) is 0.